The molecule has 3 aromatic rings. The van der Waals surface area contributed by atoms with E-state index >= 15 is 0 Å². The van der Waals surface area contributed by atoms with E-state index in [0.717, 1.165) is 16.7 Å². The van der Waals surface area contributed by atoms with E-state index in [-0.39, 0.29) is 17.7 Å². The van der Waals surface area contributed by atoms with Crippen molar-refractivity contribution in [3.8, 4) is 0 Å². The molecule has 0 aliphatic carbocycles. The van der Waals surface area contributed by atoms with Crippen LogP contribution in [0.2, 0.25) is 0 Å². The number of carbonyl (C=O) groups excluding carboxylic acids is 2. The number of nitrogens with zero attached hydrogens (tertiary/aromatic N) is 1. The fraction of sp³-hybridized carbons (Fsp3) is 0.308. The van der Waals surface area contributed by atoms with Crippen LogP contribution >= 0.6 is 0 Å². The highest BCUT2D eigenvalue weighted by Crippen LogP contribution is 2.20. The van der Waals surface area contributed by atoms with Gasteiger partial charge in [-0.05, 0) is 41.7 Å². The van der Waals surface area contributed by atoms with Crippen LogP contribution in [0.25, 0.3) is 0 Å². The maximum Gasteiger partial charge on any atom is 0.289 e. The lowest BCUT2D eigenvalue weighted by atomic mass is 9.95. The molecule has 1 aliphatic heterocycles. The number of hydrogen-bond donors (Lipinski definition) is 1. The van der Waals surface area contributed by atoms with E-state index in [0.29, 0.717) is 51.4 Å². The quantitative estimate of drug-likeness (QED) is 0.580. The molecule has 0 unspecified atom stereocenters. The number of benzene rings is 2. The van der Waals surface area contributed by atoms with E-state index in [9.17, 15) is 9.59 Å². The standard InChI is InChI=1S/C26H28N2O4/c29-25(21-12-14-28(15-13-21)26(30)24-11-6-16-32-24)27-17-22-9-4-5-10-23(22)19-31-18-20-7-2-1-3-8-20/h1-11,16,21H,12-15,17-19H2,(H,27,29). The molecule has 1 aromatic heterocycles. The molecule has 2 amide bonds. The normalized spacial score (nSPS) is 14.3. The van der Waals surface area contributed by atoms with Gasteiger partial charge < -0.3 is 19.4 Å². The number of rotatable bonds is 8. The van der Waals surface area contributed by atoms with Crippen molar-refractivity contribution in [2.75, 3.05) is 13.1 Å². The molecule has 2 aromatic carbocycles. The van der Waals surface area contributed by atoms with Gasteiger partial charge in [-0.3, -0.25) is 9.59 Å². The van der Waals surface area contributed by atoms with E-state index in [2.05, 4.69) is 5.32 Å². The summed E-state index contributed by atoms with van der Waals surface area (Å²) < 4.78 is 11.1. The zero-order valence-corrected chi connectivity index (χ0v) is 18.0. The second kappa shape index (κ2) is 10.8. The van der Waals surface area contributed by atoms with Gasteiger partial charge in [0.25, 0.3) is 5.91 Å². The Morgan fingerprint density at radius 3 is 2.34 bits per heavy atom. The van der Waals surface area contributed by atoms with Gasteiger partial charge in [-0.1, -0.05) is 54.6 Å². The van der Waals surface area contributed by atoms with Crippen molar-refractivity contribution in [3.05, 3.63) is 95.4 Å². The summed E-state index contributed by atoms with van der Waals surface area (Å²) in [7, 11) is 0. The molecule has 2 heterocycles. The fourth-order valence-corrected chi connectivity index (χ4v) is 3.95. The molecular weight excluding hydrogens is 404 g/mol. The lowest BCUT2D eigenvalue weighted by Crippen LogP contribution is -2.42. The number of carbonyl (C=O) groups is 2. The van der Waals surface area contributed by atoms with Crippen LogP contribution in [0.5, 0.6) is 0 Å². The number of likely N-dealkylation sites (tertiary alicyclic amines) is 1. The van der Waals surface area contributed by atoms with Gasteiger partial charge >= 0.3 is 0 Å². The number of piperidine rings is 1. The Morgan fingerprint density at radius 2 is 1.62 bits per heavy atom. The molecule has 1 aliphatic rings. The Balaban J connectivity index is 1.24. The lowest BCUT2D eigenvalue weighted by Gasteiger charge is -2.30. The predicted octanol–water partition coefficient (Wildman–Crippen LogP) is 4.17. The van der Waals surface area contributed by atoms with Crippen LogP contribution in [0.3, 0.4) is 0 Å². The molecule has 1 N–H and O–H groups in total. The Kier molecular flexibility index (Phi) is 7.35. The molecule has 0 bridgehead atoms. The molecule has 6 heteroatoms. The average Bonchev–Trinajstić information content (AvgIpc) is 3.39. The first-order valence-corrected chi connectivity index (χ1v) is 11.0. The van der Waals surface area contributed by atoms with E-state index in [1.165, 1.54) is 6.26 Å². The van der Waals surface area contributed by atoms with Gasteiger partial charge in [-0.25, -0.2) is 0 Å². The van der Waals surface area contributed by atoms with Crippen molar-refractivity contribution in [2.45, 2.75) is 32.6 Å². The van der Waals surface area contributed by atoms with Crippen LogP contribution in [-0.4, -0.2) is 29.8 Å². The molecular formula is C26H28N2O4. The number of hydrogen-bond acceptors (Lipinski definition) is 4. The molecule has 1 saturated heterocycles. The first-order chi connectivity index (χ1) is 15.7. The van der Waals surface area contributed by atoms with Gasteiger partial charge in [0.05, 0.1) is 19.5 Å². The summed E-state index contributed by atoms with van der Waals surface area (Å²) in [4.78, 5) is 26.9. The highest BCUT2D eigenvalue weighted by atomic mass is 16.5. The highest BCUT2D eigenvalue weighted by molar-refractivity contribution is 5.91. The van der Waals surface area contributed by atoms with Crippen molar-refractivity contribution >= 4 is 11.8 Å². The second-order valence-corrected chi connectivity index (χ2v) is 8.01. The van der Waals surface area contributed by atoms with Crippen molar-refractivity contribution in [3.63, 3.8) is 0 Å². The number of nitrogens with one attached hydrogen (secondary N) is 1. The number of ether oxygens (including phenoxy) is 1. The van der Waals surface area contributed by atoms with Gasteiger partial charge in [-0.2, -0.15) is 0 Å². The van der Waals surface area contributed by atoms with Gasteiger partial charge in [0.1, 0.15) is 0 Å². The van der Waals surface area contributed by atoms with Crippen LogP contribution in [0.1, 0.15) is 40.1 Å². The monoisotopic (exact) mass is 432 g/mol. The highest BCUT2D eigenvalue weighted by Gasteiger charge is 2.28. The smallest absolute Gasteiger partial charge is 0.289 e. The number of amides is 2. The van der Waals surface area contributed by atoms with E-state index in [4.69, 9.17) is 9.15 Å². The van der Waals surface area contributed by atoms with Crippen molar-refractivity contribution < 1.29 is 18.7 Å². The second-order valence-electron chi connectivity index (χ2n) is 8.01. The predicted molar refractivity (Wildman–Crippen MR) is 121 cm³/mol. The summed E-state index contributed by atoms with van der Waals surface area (Å²) >= 11 is 0. The largest absolute Gasteiger partial charge is 0.459 e. The molecule has 0 saturated carbocycles. The van der Waals surface area contributed by atoms with E-state index in [1.807, 2.05) is 54.6 Å². The van der Waals surface area contributed by atoms with Crippen LogP contribution in [0.4, 0.5) is 0 Å². The summed E-state index contributed by atoms with van der Waals surface area (Å²) in [5.41, 5.74) is 3.26. The third kappa shape index (κ3) is 5.65. The minimum atomic E-state index is -0.113. The van der Waals surface area contributed by atoms with Gasteiger partial charge in [0.2, 0.25) is 5.91 Å². The van der Waals surface area contributed by atoms with Crippen LogP contribution in [-0.2, 0) is 29.3 Å². The molecule has 0 radical (unpaired) electrons. The molecule has 6 nitrogen and oxygen atoms in total. The zero-order chi connectivity index (χ0) is 22.2. The Labute approximate surface area is 188 Å². The third-order valence-corrected chi connectivity index (χ3v) is 5.83. The number of furan rings is 1. The average molecular weight is 433 g/mol. The summed E-state index contributed by atoms with van der Waals surface area (Å²) in [6.45, 7) is 2.63. The molecule has 166 valence electrons. The van der Waals surface area contributed by atoms with Gasteiger partial charge in [0.15, 0.2) is 5.76 Å². The fourth-order valence-electron chi connectivity index (χ4n) is 3.95. The van der Waals surface area contributed by atoms with Crippen LogP contribution < -0.4 is 5.32 Å². The van der Waals surface area contributed by atoms with Crippen LogP contribution in [0.15, 0.2) is 77.4 Å². The van der Waals surface area contributed by atoms with Crippen molar-refractivity contribution in [1.29, 1.82) is 0 Å². The van der Waals surface area contributed by atoms with Crippen LogP contribution in [0, 0.1) is 5.92 Å². The topological polar surface area (TPSA) is 71.8 Å². The van der Waals surface area contributed by atoms with Crippen molar-refractivity contribution in [1.82, 2.24) is 10.2 Å². The summed E-state index contributed by atoms with van der Waals surface area (Å²) in [6.07, 6.45) is 2.80. The maximum atomic E-state index is 12.7. The van der Waals surface area contributed by atoms with E-state index < -0.39 is 0 Å². The van der Waals surface area contributed by atoms with Gasteiger partial charge in [0, 0.05) is 25.6 Å². The summed E-state index contributed by atoms with van der Waals surface area (Å²) in [5, 5.41) is 3.07. The molecule has 32 heavy (non-hydrogen) atoms. The molecule has 0 spiro atoms. The Hall–Kier alpha value is -3.38. The Bertz CT molecular complexity index is 1010. The van der Waals surface area contributed by atoms with E-state index in [1.54, 1.807) is 17.0 Å². The first kappa shape index (κ1) is 21.8. The summed E-state index contributed by atoms with van der Waals surface area (Å²) in [6, 6.07) is 21.5. The minimum absolute atomic E-state index is 0.0371. The first-order valence-electron chi connectivity index (χ1n) is 11.0. The SMILES string of the molecule is O=C(NCc1ccccc1COCc1ccccc1)C1CCN(C(=O)c2ccco2)CC1. The maximum absolute atomic E-state index is 12.7. The molecule has 4 rings (SSSR count). The lowest BCUT2D eigenvalue weighted by molar-refractivity contribution is -0.126. The minimum Gasteiger partial charge on any atom is -0.459 e. The van der Waals surface area contributed by atoms with Crippen molar-refractivity contribution in [2.24, 2.45) is 5.92 Å². The summed E-state index contributed by atoms with van der Waals surface area (Å²) in [5.74, 6) is 0.185. The Morgan fingerprint density at radius 1 is 0.906 bits per heavy atom. The molecule has 1 fully saturated rings. The molecule has 0 atom stereocenters. The third-order valence-electron chi connectivity index (χ3n) is 5.83. The van der Waals surface area contributed by atoms with Gasteiger partial charge in [-0.15, -0.1) is 0 Å². The zero-order valence-electron chi connectivity index (χ0n) is 18.0.